The predicted molar refractivity (Wildman–Crippen MR) is 117 cm³/mol. The van der Waals surface area contributed by atoms with E-state index < -0.39 is 46.8 Å². The summed E-state index contributed by atoms with van der Waals surface area (Å²) < 4.78 is 5.18. The molecule has 0 unspecified atom stereocenters. The van der Waals surface area contributed by atoms with Gasteiger partial charge in [-0.3, -0.25) is 9.59 Å². The van der Waals surface area contributed by atoms with Crippen molar-refractivity contribution in [1.29, 1.82) is 0 Å². The zero-order valence-corrected chi connectivity index (χ0v) is 19.2. The Hall–Kier alpha value is -2.32. The van der Waals surface area contributed by atoms with Crippen molar-refractivity contribution in [3.63, 3.8) is 0 Å². The summed E-state index contributed by atoms with van der Waals surface area (Å²) in [5.41, 5.74) is -1.63. The predicted octanol–water partition coefficient (Wildman–Crippen LogP) is 1.74. The van der Waals surface area contributed by atoms with Gasteiger partial charge < -0.3 is 19.8 Å². The van der Waals surface area contributed by atoms with E-state index in [-0.39, 0.29) is 42.3 Å². The van der Waals surface area contributed by atoms with Gasteiger partial charge in [0, 0.05) is 16.7 Å². The Bertz CT molecular complexity index is 1010. The normalized spacial score (nSPS) is 45.1. The van der Waals surface area contributed by atoms with Gasteiger partial charge in [-0.15, -0.1) is 0 Å². The number of nitrogens with zero attached hydrogens (tertiary/aromatic N) is 1. The van der Waals surface area contributed by atoms with Crippen LogP contribution in [0.15, 0.2) is 29.0 Å². The highest BCUT2D eigenvalue weighted by molar-refractivity contribution is 6.38. The van der Waals surface area contributed by atoms with E-state index in [1.54, 1.807) is 19.1 Å². The lowest BCUT2D eigenvalue weighted by Crippen LogP contribution is -2.63. The number of hydrogen-bond donors (Lipinski definition) is 2. The van der Waals surface area contributed by atoms with Crippen molar-refractivity contribution in [2.24, 2.45) is 39.7 Å². The van der Waals surface area contributed by atoms with Crippen molar-refractivity contribution in [3.05, 3.63) is 23.8 Å². The van der Waals surface area contributed by atoms with Crippen molar-refractivity contribution < 1.29 is 34.2 Å². The Kier molecular flexibility index (Phi) is 5.00. The van der Waals surface area contributed by atoms with E-state index in [1.165, 1.54) is 0 Å². The highest BCUT2D eigenvalue weighted by Crippen LogP contribution is 2.70. The van der Waals surface area contributed by atoms with E-state index in [4.69, 9.17) is 9.57 Å². The van der Waals surface area contributed by atoms with E-state index >= 15 is 0 Å². The summed E-state index contributed by atoms with van der Waals surface area (Å²) in [7, 11) is 0. The molecule has 5 aliphatic rings. The molecule has 8 atom stereocenters. The fraction of sp³-hybridized carbons (Fsp3) is 0.680. The second-order valence-corrected chi connectivity index (χ2v) is 10.6. The molecule has 0 radical (unpaired) electrons. The molecule has 8 heteroatoms. The number of aliphatic hydroxyl groups is 2. The Morgan fingerprint density at radius 3 is 2.79 bits per heavy atom. The second-order valence-electron chi connectivity index (χ2n) is 10.6. The molecule has 1 heterocycles. The summed E-state index contributed by atoms with van der Waals surface area (Å²) in [6.07, 6.45) is 6.74. The van der Waals surface area contributed by atoms with Crippen molar-refractivity contribution in [2.45, 2.75) is 58.2 Å². The van der Waals surface area contributed by atoms with Gasteiger partial charge in [0.25, 0.3) is 0 Å². The number of Topliss-reactive ketones (excluding diaryl/α,β-unsaturated/α-hetero) is 1. The molecule has 178 valence electrons. The number of fused-ring (bicyclic) bond motifs is 7. The third-order valence-electron chi connectivity index (χ3n) is 9.38. The van der Waals surface area contributed by atoms with Crippen molar-refractivity contribution in [1.82, 2.24) is 0 Å². The average molecular weight is 458 g/mol. The van der Waals surface area contributed by atoms with Crippen LogP contribution in [0.2, 0.25) is 0 Å². The summed E-state index contributed by atoms with van der Waals surface area (Å²) in [5, 5.41) is 25.4. The third kappa shape index (κ3) is 2.71. The number of aliphatic hydroxyl groups excluding tert-OH is 2. The van der Waals surface area contributed by atoms with Crippen LogP contribution in [-0.2, 0) is 24.0 Å². The number of allylic oxidation sites excluding steroid dienone is 4. The Balaban J connectivity index is 1.58. The third-order valence-corrected chi connectivity index (χ3v) is 9.38. The monoisotopic (exact) mass is 457 g/mol. The average Bonchev–Trinajstić information content (AvgIpc) is 3.27. The first-order valence-electron chi connectivity index (χ1n) is 11.8. The highest BCUT2D eigenvalue weighted by atomic mass is 16.7. The second kappa shape index (κ2) is 7.34. The fourth-order valence-electron chi connectivity index (χ4n) is 8.07. The molecule has 1 aliphatic heterocycles. The van der Waals surface area contributed by atoms with Gasteiger partial charge in [-0.05, 0) is 56.6 Å². The summed E-state index contributed by atoms with van der Waals surface area (Å²) in [5.74, 6) is -1.88. The zero-order valence-electron chi connectivity index (χ0n) is 19.2. The summed E-state index contributed by atoms with van der Waals surface area (Å²) in [4.78, 5) is 43.8. The molecule has 3 fully saturated rings. The lowest BCUT2D eigenvalue weighted by molar-refractivity contribution is -0.192. The minimum Gasteiger partial charge on any atom is -0.461 e. The number of rotatable bonds is 4. The molecule has 0 spiro atoms. The lowest BCUT2D eigenvalue weighted by atomic mass is 9.46. The number of ether oxygens (including phenoxy) is 1. The molecule has 0 amide bonds. The molecule has 0 aromatic heterocycles. The van der Waals surface area contributed by atoms with Crippen molar-refractivity contribution in [3.8, 4) is 0 Å². The number of carbonyl (C=O) groups is 3. The number of esters is 1. The van der Waals surface area contributed by atoms with Gasteiger partial charge in [-0.2, -0.15) is 0 Å². The molecule has 33 heavy (non-hydrogen) atoms. The van der Waals surface area contributed by atoms with E-state index in [9.17, 15) is 24.6 Å². The van der Waals surface area contributed by atoms with Crippen molar-refractivity contribution in [2.75, 3.05) is 13.2 Å². The highest BCUT2D eigenvalue weighted by Gasteiger charge is 2.76. The Morgan fingerprint density at radius 1 is 1.33 bits per heavy atom. The van der Waals surface area contributed by atoms with E-state index in [0.29, 0.717) is 6.42 Å². The van der Waals surface area contributed by atoms with Crippen LogP contribution >= 0.6 is 0 Å². The Morgan fingerprint density at radius 2 is 2.09 bits per heavy atom. The molecule has 0 saturated heterocycles. The minimum absolute atomic E-state index is 0.0253. The van der Waals surface area contributed by atoms with E-state index in [1.807, 2.05) is 13.0 Å². The SMILES string of the molecule is CCOC(=O)C1=NO[C@]2(C(=O)CO)[C@H]1C[C@H]1[C@@H]3CCC4=CC(=O)C=C[C@]4(C)[C@H]3[C@@H](O)C[C@@]12C. The van der Waals surface area contributed by atoms with Gasteiger partial charge >= 0.3 is 5.97 Å². The van der Waals surface area contributed by atoms with Crippen LogP contribution in [0, 0.1) is 34.5 Å². The number of oxime groups is 1. The molecular weight excluding hydrogens is 426 g/mol. The van der Waals surface area contributed by atoms with E-state index in [0.717, 1.165) is 18.4 Å². The molecular formula is C25H31NO7. The first-order chi connectivity index (χ1) is 15.6. The summed E-state index contributed by atoms with van der Waals surface area (Å²) in [6.45, 7) is 5.16. The van der Waals surface area contributed by atoms with Crippen molar-refractivity contribution >= 4 is 23.2 Å². The van der Waals surface area contributed by atoms with Gasteiger partial charge in [-0.1, -0.05) is 30.7 Å². The minimum atomic E-state index is -1.50. The maximum atomic E-state index is 13.3. The molecule has 2 N–H and O–H groups in total. The lowest BCUT2D eigenvalue weighted by Gasteiger charge is -2.59. The van der Waals surface area contributed by atoms with Crippen LogP contribution in [0.5, 0.6) is 0 Å². The molecule has 8 nitrogen and oxygen atoms in total. The molecule has 0 bridgehead atoms. The molecule has 0 aromatic rings. The van der Waals surface area contributed by atoms with Crippen LogP contribution in [-0.4, -0.2) is 58.4 Å². The van der Waals surface area contributed by atoms with Crippen LogP contribution in [0.25, 0.3) is 0 Å². The largest absolute Gasteiger partial charge is 0.461 e. The maximum Gasteiger partial charge on any atom is 0.356 e. The van der Waals surface area contributed by atoms with Gasteiger partial charge in [0.05, 0.1) is 18.6 Å². The Labute approximate surface area is 192 Å². The van der Waals surface area contributed by atoms with Gasteiger partial charge in [0.2, 0.25) is 11.4 Å². The van der Waals surface area contributed by atoms with Gasteiger partial charge in [0.1, 0.15) is 6.61 Å². The van der Waals surface area contributed by atoms with Crippen LogP contribution in [0.1, 0.15) is 46.5 Å². The van der Waals surface area contributed by atoms with Crippen LogP contribution < -0.4 is 0 Å². The topological polar surface area (TPSA) is 122 Å². The fourth-order valence-corrected chi connectivity index (χ4v) is 8.07. The standard InChI is InChI=1S/C25H31NO7/c1-4-32-22(31)21-17-10-16-15-6-5-13-9-14(28)7-8-23(13,2)20(15)18(29)11-24(16,3)25(17,33-26-21)19(30)12-27/h7-9,15-18,20,27,29H,4-6,10-12H2,1-3H3/t15-,16-,17-,18-,20+,23-,24-,25-/m0/s1. The quantitative estimate of drug-likeness (QED) is 0.617. The molecule has 4 aliphatic carbocycles. The number of hydrogen-bond acceptors (Lipinski definition) is 8. The summed E-state index contributed by atoms with van der Waals surface area (Å²) in [6, 6.07) is 0. The summed E-state index contributed by atoms with van der Waals surface area (Å²) >= 11 is 0. The van der Waals surface area contributed by atoms with Gasteiger partial charge in [0.15, 0.2) is 11.5 Å². The van der Waals surface area contributed by atoms with E-state index in [2.05, 4.69) is 12.1 Å². The zero-order chi connectivity index (χ0) is 23.8. The smallest absolute Gasteiger partial charge is 0.356 e. The number of carbonyl (C=O) groups excluding carboxylic acids is 3. The number of ketones is 2. The first kappa shape index (κ1) is 22.5. The first-order valence-corrected chi connectivity index (χ1v) is 11.8. The van der Waals surface area contributed by atoms with Crippen LogP contribution in [0.4, 0.5) is 0 Å². The van der Waals surface area contributed by atoms with Crippen LogP contribution in [0.3, 0.4) is 0 Å². The molecule has 0 aromatic carbocycles. The van der Waals surface area contributed by atoms with Gasteiger partial charge in [-0.25, -0.2) is 4.79 Å². The maximum absolute atomic E-state index is 13.3. The molecule has 5 rings (SSSR count). The molecule has 3 saturated carbocycles.